The molecule has 1 aliphatic heterocycles. The van der Waals surface area contributed by atoms with Gasteiger partial charge in [0, 0.05) is 11.7 Å². The molecule has 5 heteroatoms. The summed E-state index contributed by atoms with van der Waals surface area (Å²) in [7, 11) is 0. The maximum atomic E-state index is 13.1. The number of carbonyl (C=O) groups is 2. The molecule has 24 heavy (non-hydrogen) atoms. The average molecular weight is 356 g/mol. The molecule has 2 aliphatic rings. The number of thioether (sulfide) groups is 1. The van der Waals surface area contributed by atoms with Crippen LogP contribution in [0.5, 0.6) is 0 Å². The zero-order valence-corrected chi connectivity index (χ0v) is 16.3. The van der Waals surface area contributed by atoms with Crippen molar-refractivity contribution in [1.82, 2.24) is 4.90 Å². The predicted molar refractivity (Wildman–Crippen MR) is 98.8 cm³/mol. The van der Waals surface area contributed by atoms with Crippen molar-refractivity contribution in [3.8, 4) is 0 Å². The van der Waals surface area contributed by atoms with Crippen LogP contribution in [0.2, 0.25) is 0 Å². The zero-order valence-electron chi connectivity index (χ0n) is 15.5. The summed E-state index contributed by atoms with van der Waals surface area (Å²) in [6, 6.07) is -0.384. The van der Waals surface area contributed by atoms with E-state index in [1.807, 2.05) is 4.90 Å². The number of unbranched alkanes of at least 4 members (excludes halogenated alkanes) is 1. The summed E-state index contributed by atoms with van der Waals surface area (Å²) in [5.74, 6) is 1.30. The molecule has 0 aromatic rings. The Morgan fingerprint density at radius 2 is 1.92 bits per heavy atom. The predicted octanol–water partition coefficient (Wildman–Crippen LogP) is 4.23. The van der Waals surface area contributed by atoms with Gasteiger partial charge in [0.05, 0.1) is 12.0 Å². The first kappa shape index (κ1) is 19.6. The lowest BCUT2D eigenvalue weighted by molar-refractivity contribution is -0.156. The first-order valence-electron chi connectivity index (χ1n) is 9.65. The van der Waals surface area contributed by atoms with Crippen molar-refractivity contribution in [2.24, 2.45) is 11.8 Å². The lowest BCUT2D eigenvalue weighted by Gasteiger charge is -2.33. The Bertz CT molecular complexity index is 421. The minimum Gasteiger partial charge on any atom is -0.464 e. The standard InChI is InChI=1S/C19H33NO3S/c1-4-5-11-23-19(22)16-13-24-17(12-14(2)3)20(16)18(21)15-9-7-6-8-10-15/h14-17H,4-13H2,1-3H3. The van der Waals surface area contributed by atoms with E-state index in [2.05, 4.69) is 20.8 Å². The van der Waals surface area contributed by atoms with Gasteiger partial charge >= 0.3 is 5.97 Å². The number of carbonyl (C=O) groups excluding carboxylic acids is 2. The molecule has 0 N–H and O–H groups in total. The lowest BCUT2D eigenvalue weighted by Crippen LogP contribution is -2.49. The van der Waals surface area contributed by atoms with E-state index in [1.165, 1.54) is 6.42 Å². The van der Waals surface area contributed by atoms with Crippen LogP contribution in [0, 0.1) is 11.8 Å². The fourth-order valence-electron chi connectivity index (χ4n) is 3.60. The number of amides is 1. The Kier molecular flexibility index (Phi) is 7.92. The van der Waals surface area contributed by atoms with E-state index in [1.54, 1.807) is 11.8 Å². The third-order valence-corrected chi connectivity index (χ3v) is 6.30. The van der Waals surface area contributed by atoms with Crippen LogP contribution in [-0.4, -0.2) is 40.6 Å². The van der Waals surface area contributed by atoms with Gasteiger partial charge in [0.15, 0.2) is 0 Å². The van der Waals surface area contributed by atoms with Crippen molar-refractivity contribution in [3.63, 3.8) is 0 Å². The van der Waals surface area contributed by atoms with E-state index in [9.17, 15) is 9.59 Å². The number of hydrogen-bond donors (Lipinski definition) is 0. The number of ether oxygens (including phenoxy) is 1. The van der Waals surface area contributed by atoms with Crippen molar-refractivity contribution < 1.29 is 14.3 Å². The molecule has 0 spiro atoms. The smallest absolute Gasteiger partial charge is 0.329 e. The fourth-order valence-corrected chi connectivity index (χ4v) is 5.23. The average Bonchev–Trinajstić information content (AvgIpc) is 2.98. The van der Waals surface area contributed by atoms with E-state index in [0.29, 0.717) is 18.3 Å². The second-order valence-electron chi connectivity index (χ2n) is 7.53. The quantitative estimate of drug-likeness (QED) is 0.506. The van der Waals surface area contributed by atoms with Gasteiger partial charge in [0.25, 0.3) is 0 Å². The van der Waals surface area contributed by atoms with Crippen molar-refractivity contribution in [2.75, 3.05) is 12.4 Å². The fraction of sp³-hybridized carbons (Fsp3) is 0.895. The van der Waals surface area contributed by atoms with Crippen LogP contribution in [0.1, 0.15) is 72.1 Å². The minimum absolute atomic E-state index is 0.109. The van der Waals surface area contributed by atoms with Gasteiger partial charge in [-0.15, -0.1) is 11.8 Å². The van der Waals surface area contributed by atoms with Gasteiger partial charge in [0.2, 0.25) is 5.91 Å². The molecule has 4 nitrogen and oxygen atoms in total. The molecular formula is C19H33NO3S. The Balaban J connectivity index is 2.07. The van der Waals surface area contributed by atoms with Gasteiger partial charge < -0.3 is 9.64 Å². The monoisotopic (exact) mass is 355 g/mol. The third-order valence-electron chi connectivity index (χ3n) is 4.99. The van der Waals surface area contributed by atoms with E-state index in [-0.39, 0.29) is 29.2 Å². The van der Waals surface area contributed by atoms with Gasteiger partial charge in [-0.1, -0.05) is 46.5 Å². The van der Waals surface area contributed by atoms with Crippen LogP contribution >= 0.6 is 11.8 Å². The number of nitrogens with zero attached hydrogens (tertiary/aromatic N) is 1. The van der Waals surface area contributed by atoms with Crippen LogP contribution < -0.4 is 0 Å². The molecule has 1 saturated carbocycles. The Morgan fingerprint density at radius 3 is 2.54 bits per heavy atom. The van der Waals surface area contributed by atoms with Gasteiger partial charge in [0.1, 0.15) is 6.04 Å². The SMILES string of the molecule is CCCCOC(=O)C1CSC(CC(C)C)N1C(=O)C1CCCCC1. The molecular weight excluding hydrogens is 322 g/mol. The van der Waals surface area contributed by atoms with Gasteiger partial charge in [-0.05, 0) is 31.6 Å². The molecule has 0 aromatic carbocycles. The molecule has 1 heterocycles. The first-order valence-corrected chi connectivity index (χ1v) is 10.7. The highest BCUT2D eigenvalue weighted by molar-refractivity contribution is 8.00. The highest BCUT2D eigenvalue weighted by atomic mass is 32.2. The molecule has 2 fully saturated rings. The highest BCUT2D eigenvalue weighted by Crippen LogP contribution is 2.37. The van der Waals surface area contributed by atoms with E-state index in [4.69, 9.17) is 4.74 Å². The molecule has 0 bridgehead atoms. The summed E-state index contributed by atoms with van der Waals surface area (Å²) in [5.41, 5.74) is 0. The van der Waals surface area contributed by atoms with Crippen LogP contribution in [0.25, 0.3) is 0 Å². The molecule has 2 unspecified atom stereocenters. The maximum Gasteiger partial charge on any atom is 0.329 e. The Hall–Kier alpha value is -0.710. The minimum atomic E-state index is -0.384. The molecule has 1 aliphatic carbocycles. The van der Waals surface area contributed by atoms with Crippen molar-refractivity contribution in [3.05, 3.63) is 0 Å². The first-order chi connectivity index (χ1) is 11.5. The summed E-state index contributed by atoms with van der Waals surface area (Å²) in [6.07, 6.45) is 8.30. The summed E-state index contributed by atoms with van der Waals surface area (Å²) in [4.78, 5) is 27.6. The molecule has 1 amide bonds. The summed E-state index contributed by atoms with van der Waals surface area (Å²) >= 11 is 1.75. The number of hydrogen-bond acceptors (Lipinski definition) is 4. The van der Waals surface area contributed by atoms with Crippen molar-refractivity contribution in [1.29, 1.82) is 0 Å². The Morgan fingerprint density at radius 1 is 1.21 bits per heavy atom. The number of rotatable bonds is 7. The molecule has 1 saturated heterocycles. The third kappa shape index (κ3) is 5.14. The van der Waals surface area contributed by atoms with Crippen LogP contribution in [0.3, 0.4) is 0 Å². The molecule has 2 rings (SSSR count). The van der Waals surface area contributed by atoms with E-state index < -0.39 is 0 Å². The summed E-state index contributed by atoms with van der Waals surface area (Å²) in [5, 5.41) is 0.128. The van der Waals surface area contributed by atoms with Crippen LogP contribution in [-0.2, 0) is 14.3 Å². The highest BCUT2D eigenvalue weighted by Gasteiger charge is 2.44. The van der Waals surface area contributed by atoms with Crippen molar-refractivity contribution in [2.45, 2.75) is 83.6 Å². The Labute approximate surface area is 151 Å². The topological polar surface area (TPSA) is 46.6 Å². The lowest BCUT2D eigenvalue weighted by atomic mass is 9.88. The number of esters is 1. The van der Waals surface area contributed by atoms with E-state index in [0.717, 1.165) is 44.9 Å². The largest absolute Gasteiger partial charge is 0.464 e. The molecule has 0 radical (unpaired) electrons. The second-order valence-corrected chi connectivity index (χ2v) is 8.75. The molecule has 2 atom stereocenters. The van der Waals surface area contributed by atoms with Gasteiger partial charge in [-0.2, -0.15) is 0 Å². The second kappa shape index (κ2) is 9.69. The zero-order chi connectivity index (χ0) is 17.5. The van der Waals surface area contributed by atoms with Gasteiger partial charge in [-0.25, -0.2) is 4.79 Å². The van der Waals surface area contributed by atoms with Crippen molar-refractivity contribution >= 4 is 23.6 Å². The summed E-state index contributed by atoms with van der Waals surface area (Å²) in [6.45, 7) is 6.90. The van der Waals surface area contributed by atoms with Crippen LogP contribution in [0.4, 0.5) is 0 Å². The van der Waals surface area contributed by atoms with Gasteiger partial charge in [-0.3, -0.25) is 4.79 Å². The normalized spacial score (nSPS) is 25.2. The molecule has 138 valence electrons. The van der Waals surface area contributed by atoms with Crippen LogP contribution in [0.15, 0.2) is 0 Å². The maximum absolute atomic E-state index is 13.1. The summed E-state index contributed by atoms with van der Waals surface area (Å²) < 4.78 is 5.44. The molecule has 0 aromatic heterocycles. The van der Waals surface area contributed by atoms with E-state index >= 15 is 0 Å².